The minimum atomic E-state index is -0.0174. The third kappa shape index (κ3) is 340. The van der Waals surface area contributed by atoms with Gasteiger partial charge in [0.2, 0.25) is 12.3 Å². The van der Waals surface area contributed by atoms with Crippen molar-refractivity contribution >= 4 is 45.5 Å². The average molecular weight is 1790 g/mol. The number of nitrogens with zero attached hydrogens (tertiary/aromatic N) is 10. The van der Waals surface area contributed by atoms with Gasteiger partial charge in [-0.05, 0) is 118 Å². The predicted molar refractivity (Wildman–Crippen MR) is 559 cm³/mol. The zero-order valence-corrected chi connectivity index (χ0v) is 93.2. The minimum absolute atomic E-state index is 0.0174. The van der Waals surface area contributed by atoms with Crippen molar-refractivity contribution in [2.75, 3.05) is 0 Å². The quantitative estimate of drug-likeness (QED) is 0.128. The van der Waals surface area contributed by atoms with Crippen LogP contribution in [0.25, 0.3) is 0 Å². The first-order valence-corrected chi connectivity index (χ1v) is 48.6. The Bertz CT molecular complexity index is 1990. The summed E-state index contributed by atoms with van der Waals surface area (Å²) in [5, 5.41) is 33.7. The predicted octanol–water partition coefficient (Wildman–Crippen LogP) is 37.9. The van der Waals surface area contributed by atoms with Gasteiger partial charge in [-0.15, -0.1) is 43.1 Å². The van der Waals surface area contributed by atoms with Gasteiger partial charge in [0.25, 0.3) is 0 Å². The lowest BCUT2D eigenvalue weighted by Gasteiger charge is -2.11. The second kappa shape index (κ2) is 171. The topological polar surface area (TPSA) is 229 Å². The number of nitrogens with one attached hydrogen (secondary N) is 3. The van der Waals surface area contributed by atoms with Gasteiger partial charge in [-0.25, -0.2) is 14.3 Å². The molecule has 0 atom stereocenters. The van der Waals surface area contributed by atoms with Gasteiger partial charge in [0.15, 0.2) is 6.39 Å². The average Bonchev–Trinajstić information content (AvgIpc) is 1.79. The largest absolute Gasteiger partial charge is 0.473 e. The second-order valence-electron chi connectivity index (χ2n) is 28.3. The lowest BCUT2D eigenvalue weighted by Crippen LogP contribution is -2.11. The molecule has 0 aliphatic rings. The molecule has 0 aromatic carbocycles. The molecule has 0 fully saturated rings. The van der Waals surface area contributed by atoms with Crippen LogP contribution in [0.3, 0.4) is 0 Å². The number of rotatable bonds is 0. The molecule has 11 aromatic heterocycles. The minimum Gasteiger partial charge on any atom is -0.473 e. The fourth-order valence-electron chi connectivity index (χ4n) is 2.86. The van der Waals surface area contributed by atoms with Crippen molar-refractivity contribution in [1.29, 1.82) is 0 Å². The van der Waals surface area contributed by atoms with Crippen molar-refractivity contribution in [1.82, 2.24) is 65.0 Å². The fraction of sp³-hybridized carbons (Fsp3) is 0.660. The summed E-state index contributed by atoms with van der Waals surface area (Å²) in [5.74, 6) is 8.18. The molecule has 11 heterocycles. The van der Waals surface area contributed by atoms with Gasteiger partial charge in [0.1, 0.15) is 23.0 Å². The lowest BCUT2D eigenvalue weighted by molar-refractivity contribution is 0.392. The highest BCUT2D eigenvalue weighted by atomic mass is 32.1. The summed E-state index contributed by atoms with van der Waals surface area (Å²) in [6.07, 6.45) is 28.0. The Labute approximate surface area is 772 Å². The Kier molecular flexibility index (Phi) is 233. The number of hydrogen-bond acceptors (Lipinski definition) is 18. The zero-order valence-electron chi connectivity index (χ0n) is 89.9. The first-order chi connectivity index (χ1) is 57.3. The number of aromatic nitrogens is 13. The van der Waals surface area contributed by atoms with E-state index >= 15 is 0 Å². The third-order valence-electron chi connectivity index (χ3n) is 5.55. The van der Waals surface area contributed by atoms with Gasteiger partial charge < -0.3 is 27.7 Å². The number of furan rings is 1. The molecule has 722 valence electrons. The van der Waals surface area contributed by atoms with Crippen LogP contribution in [0.2, 0.25) is 0 Å². The molecule has 0 saturated carbocycles. The third-order valence-corrected chi connectivity index (χ3v) is 8.34. The normalized spacial score (nSPS) is 7.97. The van der Waals surface area contributed by atoms with E-state index in [4.69, 9.17) is 4.42 Å². The molecule has 0 amide bonds. The van der Waals surface area contributed by atoms with Crippen molar-refractivity contribution < 1.29 is 17.8 Å². The first kappa shape index (κ1) is 165. The Balaban J connectivity index is -0.0000000489. The number of thiazole rings is 1. The maximum Gasteiger partial charge on any atom is 0.221 e. The van der Waals surface area contributed by atoms with E-state index in [2.05, 4.69) is 286 Å². The van der Waals surface area contributed by atoms with E-state index in [1.54, 1.807) is 120 Å². The van der Waals surface area contributed by atoms with Crippen LogP contribution in [0.15, 0.2) is 211 Å². The fourth-order valence-corrected chi connectivity index (χ4v) is 4.66. The van der Waals surface area contributed by atoms with Gasteiger partial charge in [0, 0.05) is 71.2 Å². The molecule has 121 heavy (non-hydrogen) atoms. The number of oxazole rings is 1. The van der Waals surface area contributed by atoms with Crippen LogP contribution in [0, 0.1) is 53.3 Å². The molecule has 11 rings (SSSR count). The lowest BCUT2D eigenvalue weighted by atomic mass is 9.97. The summed E-state index contributed by atoms with van der Waals surface area (Å²) in [7, 11) is 0. The van der Waals surface area contributed by atoms with Crippen molar-refractivity contribution in [2.45, 2.75) is 392 Å². The molecule has 17 nitrogen and oxygen atoms in total. The molecular weight excluding hydrogens is 1580 g/mol. The Morgan fingerprint density at radius 2 is 0.736 bits per heavy atom. The van der Waals surface area contributed by atoms with Crippen molar-refractivity contribution in [2.24, 2.45) is 53.3 Å². The van der Waals surface area contributed by atoms with Crippen LogP contribution in [0.4, 0.5) is 0 Å². The smallest absolute Gasteiger partial charge is 0.221 e. The van der Waals surface area contributed by atoms with Crippen LogP contribution in [0.5, 0.6) is 0 Å². The standard InChI is InChI=1S/C6H10N2O.C6H10N2S.C4H5N.C4H4O.C4H4S.9C4H10.2C3H4N2.2C3H3NO.2C3H3NS.11C2H6/c2*1-6(2,3)5-8-7-4-9-5;3*1-2-4-5-3-1;9*1-4(2)3;1-2-5-3-4-1;1-2-4-5-3-1;1-2-5-3-4-1;1-2-4-5-3-1;1-2-5-3-4-1;1-2-4-5-3-1;11*1-2/h2*4H,1-3H3;1-5H;2*1-4H;9*4H,1-3H3;2*1-3H,(H,4,5);4*1-3H;11*1-2H3. The molecule has 11 aromatic rings. The molecule has 0 unspecified atom stereocenters. The van der Waals surface area contributed by atoms with E-state index in [1.807, 2.05) is 256 Å². The van der Waals surface area contributed by atoms with Crippen LogP contribution in [0.1, 0.15) is 392 Å². The van der Waals surface area contributed by atoms with E-state index < -0.39 is 0 Å². The highest BCUT2D eigenvalue weighted by Crippen LogP contribution is 2.22. The van der Waals surface area contributed by atoms with E-state index in [9.17, 15) is 0 Å². The van der Waals surface area contributed by atoms with Crippen molar-refractivity contribution in [3.8, 4) is 0 Å². The molecular formula is C100H209N13O4S4. The van der Waals surface area contributed by atoms with Crippen molar-refractivity contribution in [3.05, 3.63) is 204 Å². The Hall–Kier alpha value is -6.94. The van der Waals surface area contributed by atoms with Gasteiger partial charge in [0.05, 0.1) is 36.8 Å². The summed E-state index contributed by atoms with van der Waals surface area (Å²) >= 11 is 6.39. The Morgan fingerprint density at radius 3 is 0.843 bits per heavy atom. The van der Waals surface area contributed by atoms with E-state index in [-0.39, 0.29) is 10.8 Å². The van der Waals surface area contributed by atoms with Crippen LogP contribution in [-0.4, -0.2) is 65.0 Å². The number of hydrogen-bond donors (Lipinski definition) is 3. The molecule has 0 saturated heterocycles. The molecule has 0 aliphatic heterocycles. The van der Waals surface area contributed by atoms with Crippen LogP contribution < -0.4 is 0 Å². The monoisotopic (exact) mass is 1780 g/mol. The molecule has 21 heteroatoms. The van der Waals surface area contributed by atoms with Crippen molar-refractivity contribution in [3.63, 3.8) is 0 Å². The number of imidazole rings is 1. The maximum atomic E-state index is 4.98. The SMILES string of the molecule is CC.CC.CC.CC.CC.CC.CC.CC.CC.CC.CC.CC(C)(C)c1nnco1.CC(C)(C)c1nncs1.CC(C)C.CC(C)C.CC(C)C.CC(C)C.CC(C)C.CC(C)C.CC(C)C.CC(C)C.CC(C)C.c1c[nH]cn1.c1cc[nH]c1.c1ccoc1.c1ccsc1.c1cn[nH]c1.c1cnoc1.c1cnsc1.c1cocn1.c1cscn1. The number of aromatic amines is 3. The Morgan fingerprint density at radius 1 is 0.314 bits per heavy atom. The highest BCUT2D eigenvalue weighted by molar-refractivity contribution is 7.09. The number of thiophene rings is 1. The maximum absolute atomic E-state index is 4.98. The van der Waals surface area contributed by atoms with Crippen LogP contribution in [-0.2, 0) is 10.8 Å². The first-order valence-electron chi connectivity index (χ1n) is 45.0. The van der Waals surface area contributed by atoms with E-state index in [0.717, 1.165) is 58.3 Å². The summed E-state index contributed by atoms with van der Waals surface area (Å²) in [6.45, 7) is 115. The molecule has 0 spiro atoms. The molecule has 0 bridgehead atoms. The molecule has 3 N–H and O–H groups in total. The zero-order chi connectivity index (χ0) is 99.8. The van der Waals surface area contributed by atoms with Gasteiger partial charge in [-0.2, -0.15) is 16.4 Å². The van der Waals surface area contributed by atoms with E-state index in [0.29, 0.717) is 5.89 Å². The highest BCUT2D eigenvalue weighted by Gasteiger charge is 2.18. The summed E-state index contributed by atoms with van der Waals surface area (Å²) in [6, 6.07) is 17.1. The number of H-pyrrole nitrogens is 3. The van der Waals surface area contributed by atoms with Gasteiger partial charge in [-0.3, -0.25) is 10.1 Å². The summed E-state index contributed by atoms with van der Waals surface area (Å²) in [4.78, 5) is 16.6. The van der Waals surface area contributed by atoms with Gasteiger partial charge >= 0.3 is 0 Å². The van der Waals surface area contributed by atoms with Crippen LogP contribution >= 0.6 is 45.5 Å². The summed E-state index contributed by atoms with van der Waals surface area (Å²) in [5.41, 5.74) is 3.71. The van der Waals surface area contributed by atoms with E-state index in [1.165, 1.54) is 36.8 Å². The molecule has 0 aliphatic carbocycles. The second-order valence-corrected chi connectivity index (χ2v) is 31.4. The molecule has 0 radical (unpaired) electrons. The van der Waals surface area contributed by atoms with Gasteiger partial charge in [-0.1, -0.05) is 398 Å². The summed E-state index contributed by atoms with van der Waals surface area (Å²) < 4.78 is 22.1.